The Balaban J connectivity index is 1.06. The van der Waals surface area contributed by atoms with E-state index in [-0.39, 0.29) is 6.71 Å². The Morgan fingerprint density at radius 1 is 0.408 bits per heavy atom. The summed E-state index contributed by atoms with van der Waals surface area (Å²) in [7, 11) is -2.55. The third kappa shape index (κ3) is 6.31. The minimum Gasteiger partial charge on any atom is -0.311 e. The van der Waals surface area contributed by atoms with Crippen molar-refractivity contribution in [3.05, 3.63) is 237 Å². The Morgan fingerprint density at radius 2 is 0.944 bits per heavy atom. The van der Waals surface area contributed by atoms with Crippen molar-refractivity contribution >= 4 is 124 Å². The van der Waals surface area contributed by atoms with E-state index >= 15 is 0 Å². The molecule has 1 aliphatic heterocycles. The first-order chi connectivity index (χ1) is 34.9. The molecule has 0 bridgehead atoms. The van der Waals surface area contributed by atoms with Crippen LogP contribution in [0.3, 0.4) is 0 Å². The van der Waals surface area contributed by atoms with Crippen molar-refractivity contribution in [3.8, 4) is 16.8 Å². The number of aryl methyl sites for hydroxylation is 1. The number of benzene rings is 10. The fourth-order valence-corrected chi connectivity index (χ4v) is 16.5. The van der Waals surface area contributed by atoms with Crippen molar-refractivity contribution in [3.63, 3.8) is 0 Å². The van der Waals surface area contributed by atoms with Crippen molar-refractivity contribution in [2.24, 2.45) is 0 Å². The van der Waals surface area contributed by atoms with Gasteiger partial charge in [-0.05, 0) is 135 Å². The van der Waals surface area contributed by atoms with Gasteiger partial charge in [-0.2, -0.15) is 0 Å². The second-order valence-electron chi connectivity index (χ2n) is 19.8. The van der Waals surface area contributed by atoms with E-state index in [2.05, 4.69) is 248 Å². The van der Waals surface area contributed by atoms with Crippen LogP contribution in [0.25, 0.3) is 81.7 Å². The minimum absolute atomic E-state index is 0.0943. The molecule has 14 rings (SSSR count). The number of hydrogen-bond acceptors (Lipinski definition) is 3. The first-order valence-electron chi connectivity index (χ1n) is 24.7. The van der Waals surface area contributed by atoms with Gasteiger partial charge >= 0.3 is 0 Å². The van der Waals surface area contributed by atoms with Gasteiger partial charge in [0.15, 0.2) is 0 Å². The fourth-order valence-electron chi connectivity index (χ4n) is 12.6. The molecule has 1 aliphatic rings. The van der Waals surface area contributed by atoms with Gasteiger partial charge in [0.2, 0.25) is 6.71 Å². The lowest BCUT2D eigenvalue weighted by Gasteiger charge is -2.41. The Bertz CT molecular complexity index is 4200. The monoisotopic (exact) mass is 922 g/mol. The molecule has 0 spiro atoms. The quantitative estimate of drug-likeness (QED) is 0.123. The molecule has 13 aromatic rings. The van der Waals surface area contributed by atoms with Crippen molar-refractivity contribution in [1.82, 2.24) is 14.5 Å². The molecule has 0 saturated carbocycles. The number of para-hydroxylation sites is 4. The highest BCUT2D eigenvalue weighted by Crippen LogP contribution is 2.38. The molecule has 10 aromatic carbocycles. The van der Waals surface area contributed by atoms with Crippen LogP contribution in [0.1, 0.15) is 5.56 Å². The molecule has 0 amide bonds. The Kier molecular flexibility index (Phi) is 9.32. The molecule has 4 heterocycles. The first kappa shape index (κ1) is 41.4. The van der Waals surface area contributed by atoms with Crippen LogP contribution in [0.15, 0.2) is 231 Å². The molecule has 0 radical (unpaired) electrons. The summed E-state index contributed by atoms with van der Waals surface area (Å²) >= 11 is 0. The molecular formula is C65H47BN4Si. The molecule has 6 heteroatoms. The topological polar surface area (TPSA) is 34.0 Å². The van der Waals surface area contributed by atoms with Crippen LogP contribution in [-0.2, 0) is 0 Å². The molecule has 0 atom stereocenters. The maximum atomic E-state index is 4.88. The second-order valence-corrected chi connectivity index (χ2v) is 24.1. The zero-order chi connectivity index (χ0) is 47.4. The van der Waals surface area contributed by atoms with E-state index in [1.165, 1.54) is 108 Å². The average molecular weight is 923 g/mol. The lowest BCUT2D eigenvalue weighted by Crippen LogP contribution is -2.77. The molecule has 0 unspecified atom stereocenters. The summed E-state index contributed by atoms with van der Waals surface area (Å²) in [6.07, 6.45) is 8.21. The van der Waals surface area contributed by atoms with Crippen molar-refractivity contribution in [2.45, 2.75) is 20.0 Å². The number of hydrogen-bond donors (Lipinski definition) is 0. The van der Waals surface area contributed by atoms with E-state index in [9.17, 15) is 0 Å². The van der Waals surface area contributed by atoms with E-state index in [0.29, 0.717) is 0 Å². The average Bonchev–Trinajstić information content (AvgIpc) is 3.76. The minimum atomic E-state index is -2.55. The van der Waals surface area contributed by atoms with Gasteiger partial charge in [-0.1, -0.05) is 167 Å². The number of rotatable bonds is 6. The maximum absolute atomic E-state index is 4.88. The number of pyridine rings is 2. The van der Waals surface area contributed by atoms with Gasteiger partial charge < -0.3 is 9.47 Å². The third-order valence-corrected chi connectivity index (χ3v) is 19.0. The van der Waals surface area contributed by atoms with Crippen LogP contribution in [0, 0.1) is 6.92 Å². The predicted octanol–water partition coefficient (Wildman–Crippen LogP) is 13.3. The SMILES string of the molecule is Cc1cc(-c2ccc3c4c(c5ccncc5c3c2)[Si](C)(C)c2c(c3ccccc3c3cnccc23)B4c2cccc(N(c3ccccc3)c3ccccc3)c2)cc(-n2c3ccccc3c3ccccc32)c1. The van der Waals surface area contributed by atoms with Gasteiger partial charge in [-0.3, -0.25) is 9.97 Å². The predicted molar refractivity (Wildman–Crippen MR) is 306 cm³/mol. The van der Waals surface area contributed by atoms with Crippen molar-refractivity contribution in [2.75, 3.05) is 4.90 Å². The zero-order valence-electron chi connectivity index (χ0n) is 39.8. The smallest absolute Gasteiger partial charge is 0.242 e. The molecule has 3 aromatic heterocycles. The number of nitrogens with zero attached hydrogens (tertiary/aromatic N) is 4. The highest BCUT2D eigenvalue weighted by atomic mass is 28.3. The number of aromatic nitrogens is 3. The summed E-state index contributed by atoms with van der Waals surface area (Å²) in [6, 6.07) is 76.4. The lowest BCUT2D eigenvalue weighted by atomic mass is 9.35. The Labute approximate surface area is 414 Å². The molecule has 0 fully saturated rings. The van der Waals surface area contributed by atoms with E-state index in [0.717, 1.165) is 22.7 Å². The highest BCUT2D eigenvalue weighted by Gasteiger charge is 2.46. The summed E-state index contributed by atoms with van der Waals surface area (Å²) in [5.74, 6) is 0. The Hall–Kier alpha value is -8.58. The van der Waals surface area contributed by atoms with Crippen LogP contribution in [0.5, 0.6) is 0 Å². The van der Waals surface area contributed by atoms with Crippen LogP contribution >= 0.6 is 0 Å². The largest absolute Gasteiger partial charge is 0.311 e. The van der Waals surface area contributed by atoms with Crippen LogP contribution in [0.2, 0.25) is 13.1 Å². The third-order valence-electron chi connectivity index (χ3n) is 15.4. The normalized spacial score (nSPS) is 13.1. The highest BCUT2D eigenvalue weighted by molar-refractivity contribution is 7.17. The molecule has 334 valence electrons. The molecule has 71 heavy (non-hydrogen) atoms. The van der Waals surface area contributed by atoms with Crippen LogP contribution < -0.4 is 31.7 Å². The van der Waals surface area contributed by atoms with Gasteiger partial charge in [0.05, 0.1) is 11.0 Å². The molecule has 4 nitrogen and oxygen atoms in total. The summed E-state index contributed by atoms with van der Waals surface area (Å²) < 4.78 is 2.43. The van der Waals surface area contributed by atoms with Gasteiger partial charge in [-0.25, -0.2) is 0 Å². The van der Waals surface area contributed by atoms with Gasteiger partial charge in [-0.15, -0.1) is 0 Å². The van der Waals surface area contributed by atoms with Crippen molar-refractivity contribution < 1.29 is 0 Å². The van der Waals surface area contributed by atoms with Crippen LogP contribution in [-0.4, -0.2) is 29.3 Å². The Morgan fingerprint density at radius 3 is 1.58 bits per heavy atom. The maximum Gasteiger partial charge on any atom is 0.242 e. The van der Waals surface area contributed by atoms with E-state index in [1.807, 2.05) is 12.4 Å². The number of anilines is 3. The van der Waals surface area contributed by atoms with Gasteiger partial charge in [0.1, 0.15) is 8.07 Å². The van der Waals surface area contributed by atoms with E-state index < -0.39 is 8.07 Å². The van der Waals surface area contributed by atoms with Crippen molar-refractivity contribution in [1.29, 1.82) is 0 Å². The van der Waals surface area contributed by atoms with Gasteiger partial charge in [0, 0.05) is 69.1 Å². The molecule has 0 aliphatic carbocycles. The summed E-state index contributed by atoms with van der Waals surface area (Å²) in [5, 5.41) is 15.6. The molecule has 0 saturated heterocycles. The fraction of sp³-hybridized carbons (Fsp3) is 0.0462. The van der Waals surface area contributed by atoms with Gasteiger partial charge in [0.25, 0.3) is 0 Å². The summed E-state index contributed by atoms with van der Waals surface area (Å²) in [4.78, 5) is 12.0. The second kappa shape index (κ2) is 16.0. The van der Waals surface area contributed by atoms with Crippen LogP contribution in [0.4, 0.5) is 17.1 Å². The lowest BCUT2D eigenvalue weighted by molar-refractivity contribution is 1.17. The first-order valence-corrected chi connectivity index (χ1v) is 27.7. The standard InChI is InChI=1S/C65H47BN4Si/c1-42-35-44(37-49(36-42)70-60-27-14-12-24-51(60)52-25-13-15-28-61(52)70)43-29-30-54-57(38-43)59-41-68-34-32-56(59)65-63(54)66(62-53-26-11-10-23-50(53)58-40-67-33-31-55(58)64(62)71(65,2)3)45-17-16-22-48(39-45)69(46-18-6-4-7-19-46)47-20-8-5-9-21-47/h4-41H,1-3H3. The van der Waals surface area contributed by atoms with E-state index in [4.69, 9.17) is 9.97 Å². The zero-order valence-corrected chi connectivity index (χ0v) is 40.8. The molecular weight excluding hydrogens is 876 g/mol. The summed E-state index contributed by atoms with van der Waals surface area (Å²) in [6.45, 7) is 7.30. The number of fused-ring (bicyclic) bond motifs is 15. The van der Waals surface area contributed by atoms with E-state index in [1.54, 1.807) is 0 Å². The molecule has 0 N–H and O–H groups in total. The summed E-state index contributed by atoms with van der Waals surface area (Å²) in [5.41, 5.74) is 14.6.